The van der Waals surface area contributed by atoms with E-state index in [9.17, 15) is 4.79 Å². The van der Waals surface area contributed by atoms with Crippen molar-refractivity contribution in [2.75, 3.05) is 0 Å². The normalized spacial score (nSPS) is 10.8. The van der Waals surface area contributed by atoms with Crippen molar-refractivity contribution in [1.82, 2.24) is 0 Å². The van der Waals surface area contributed by atoms with Gasteiger partial charge >= 0.3 is 0 Å². The third kappa shape index (κ3) is 3.16. The van der Waals surface area contributed by atoms with Crippen LogP contribution in [0.4, 0.5) is 0 Å². The quantitative estimate of drug-likeness (QED) is 0.691. The number of benzene rings is 2. The molecule has 0 spiro atoms. The number of halogens is 1. The summed E-state index contributed by atoms with van der Waals surface area (Å²) < 4.78 is 5.84. The van der Waals surface area contributed by atoms with Gasteiger partial charge < -0.3 is 9.42 Å². The third-order valence-electron chi connectivity index (χ3n) is 2.35. The van der Waals surface area contributed by atoms with Gasteiger partial charge in [-0.05, 0) is 24.3 Å². The zero-order valence-corrected chi connectivity index (χ0v) is 11.8. The van der Waals surface area contributed by atoms with E-state index in [-0.39, 0.29) is 5.78 Å². The van der Waals surface area contributed by atoms with Gasteiger partial charge in [0.2, 0.25) is 9.03 Å². The summed E-state index contributed by atoms with van der Waals surface area (Å²) >= 11 is 3.33. The summed E-state index contributed by atoms with van der Waals surface area (Å²) in [4.78, 5) is 20.9. The molecule has 0 aliphatic carbocycles. The Labute approximate surface area is 115 Å². The van der Waals surface area contributed by atoms with E-state index >= 15 is 0 Å². The Morgan fingerprint density at radius 2 is 1.78 bits per heavy atom. The van der Waals surface area contributed by atoms with Crippen LogP contribution in [0.3, 0.4) is 0 Å². The molecule has 2 aromatic carbocycles. The van der Waals surface area contributed by atoms with Gasteiger partial charge in [-0.1, -0.05) is 40.2 Å². The van der Waals surface area contributed by atoms with Gasteiger partial charge in [-0.15, -0.1) is 0 Å². The van der Waals surface area contributed by atoms with Crippen LogP contribution in [0.2, 0.25) is 0 Å². The zero-order valence-electron chi connectivity index (χ0n) is 9.26. The fourth-order valence-corrected chi connectivity index (χ4v) is 2.18. The van der Waals surface area contributed by atoms with E-state index in [1.807, 2.05) is 12.1 Å². The topological polar surface area (TPSA) is 46.5 Å². The van der Waals surface area contributed by atoms with Crippen LogP contribution in [0, 0.1) is 0 Å². The summed E-state index contributed by atoms with van der Waals surface area (Å²) in [5, 5.41) is 0. The predicted molar refractivity (Wildman–Crippen MR) is 75.2 cm³/mol. The second-order valence-corrected chi connectivity index (χ2v) is 4.86. The molecule has 18 heavy (non-hydrogen) atoms. The van der Waals surface area contributed by atoms with Crippen molar-refractivity contribution in [3.63, 3.8) is 0 Å². The fourth-order valence-electron chi connectivity index (χ4n) is 1.55. The van der Waals surface area contributed by atoms with Crippen molar-refractivity contribution >= 4 is 30.7 Å². The summed E-state index contributed by atoms with van der Waals surface area (Å²) in [5.74, 6) is 0.403. The van der Waals surface area contributed by atoms with E-state index in [0.717, 1.165) is 4.47 Å². The van der Waals surface area contributed by atoms with Gasteiger partial charge in [0.05, 0.1) is 0 Å². The lowest BCUT2D eigenvalue weighted by molar-refractivity contribution is 0.103. The number of carbonyl (C=O) groups excluding carboxylic acids is 1. The molecule has 0 saturated heterocycles. The Balaban J connectivity index is 2.31. The molecule has 0 heterocycles. The minimum absolute atomic E-state index is 0.0805. The van der Waals surface area contributed by atoms with E-state index in [2.05, 4.69) is 15.9 Å². The van der Waals surface area contributed by atoms with E-state index in [1.165, 1.54) is 0 Å². The van der Waals surface area contributed by atoms with Crippen molar-refractivity contribution in [2.45, 2.75) is 0 Å². The Morgan fingerprint density at radius 1 is 1.11 bits per heavy atom. The van der Waals surface area contributed by atoms with Gasteiger partial charge in [0, 0.05) is 15.6 Å². The van der Waals surface area contributed by atoms with Crippen LogP contribution in [0.5, 0.6) is 5.75 Å². The molecule has 0 aliphatic heterocycles. The van der Waals surface area contributed by atoms with E-state index in [4.69, 9.17) is 9.42 Å². The lowest BCUT2D eigenvalue weighted by Crippen LogP contribution is -2.01. The summed E-state index contributed by atoms with van der Waals surface area (Å²) in [5.41, 5.74) is 1.14. The Bertz CT molecular complexity index is 572. The Kier molecular flexibility index (Phi) is 4.48. The zero-order chi connectivity index (χ0) is 13.0. The van der Waals surface area contributed by atoms with Gasteiger partial charge in [0.1, 0.15) is 5.75 Å². The summed E-state index contributed by atoms with van der Waals surface area (Å²) in [7, 11) is -0.629. The molecule has 92 valence electrons. The highest BCUT2D eigenvalue weighted by atomic mass is 79.9. The van der Waals surface area contributed by atoms with Crippen LogP contribution in [0.15, 0.2) is 53.0 Å². The first-order valence-electron chi connectivity index (χ1n) is 5.17. The predicted octanol–water partition coefficient (Wildman–Crippen LogP) is 3.56. The molecule has 1 N–H and O–H groups in total. The second-order valence-electron chi connectivity index (χ2n) is 3.56. The van der Waals surface area contributed by atoms with Crippen LogP contribution in [0.25, 0.3) is 0 Å². The highest BCUT2D eigenvalue weighted by molar-refractivity contribution is 9.10. The molecule has 0 amide bonds. The number of hydrogen-bond donors (Lipinski definition) is 1. The molecule has 2 aromatic rings. The first-order valence-corrected chi connectivity index (χ1v) is 6.82. The van der Waals surface area contributed by atoms with Crippen LogP contribution in [0.1, 0.15) is 15.9 Å². The lowest BCUT2D eigenvalue weighted by Gasteiger charge is -2.05. The standard InChI is InChI=1S/C13H10BrO3P/c14-11-5-1-3-9(7-11)13(15)10-4-2-6-12(8-10)17-18-16/h1-8,16,18H. The van der Waals surface area contributed by atoms with Gasteiger partial charge in [-0.25, -0.2) is 0 Å². The van der Waals surface area contributed by atoms with E-state index in [0.29, 0.717) is 16.9 Å². The molecule has 5 heteroatoms. The molecule has 1 unspecified atom stereocenters. The monoisotopic (exact) mass is 324 g/mol. The molecule has 3 nitrogen and oxygen atoms in total. The minimum Gasteiger partial charge on any atom is -0.450 e. The average Bonchev–Trinajstić information content (AvgIpc) is 2.39. The van der Waals surface area contributed by atoms with Gasteiger partial charge in [0.25, 0.3) is 0 Å². The van der Waals surface area contributed by atoms with Crippen molar-refractivity contribution in [2.24, 2.45) is 0 Å². The van der Waals surface area contributed by atoms with Crippen LogP contribution in [-0.2, 0) is 0 Å². The number of hydrogen-bond acceptors (Lipinski definition) is 3. The van der Waals surface area contributed by atoms with Crippen LogP contribution < -0.4 is 4.52 Å². The molecule has 0 fully saturated rings. The number of ketones is 1. The number of carbonyl (C=O) groups is 1. The fraction of sp³-hybridized carbons (Fsp3) is 0. The largest absolute Gasteiger partial charge is 0.450 e. The molecule has 0 saturated carbocycles. The van der Waals surface area contributed by atoms with Crippen molar-refractivity contribution in [3.05, 3.63) is 64.1 Å². The lowest BCUT2D eigenvalue weighted by atomic mass is 10.0. The summed E-state index contributed by atoms with van der Waals surface area (Å²) in [6.07, 6.45) is 0. The van der Waals surface area contributed by atoms with Gasteiger partial charge in [0.15, 0.2) is 5.78 Å². The molecule has 0 aliphatic rings. The van der Waals surface area contributed by atoms with Crippen molar-refractivity contribution in [3.8, 4) is 5.75 Å². The van der Waals surface area contributed by atoms with Crippen LogP contribution >= 0.6 is 25.0 Å². The van der Waals surface area contributed by atoms with E-state index in [1.54, 1.807) is 36.4 Å². The minimum atomic E-state index is -0.629. The van der Waals surface area contributed by atoms with Crippen molar-refractivity contribution in [1.29, 1.82) is 0 Å². The maximum atomic E-state index is 12.2. The Hall–Kier alpha value is -1.22. The maximum Gasteiger partial charge on any atom is 0.212 e. The highest BCUT2D eigenvalue weighted by Crippen LogP contribution is 2.22. The molecule has 0 aromatic heterocycles. The van der Waals surface area contributed by atoms with Gasteiger partial charge in [-0.2, -0.15) is 0 Å². The van der Waals surface area contributed by atoms with Gasteiger partial charge in [-0.3, -0.25) is 4.79 Å². The molecular formula is C13H10BrO3P. The third-order valence-corrected chi connectivity index (χ3v) is 3.17. The summed E-state index contributed by atoms with van der Waals surface area (Å²) in [6, 6.07) is 14.0. The first-order chi connectivity index (χ1) is 8.70. The average molecular weight is 325 g/mol. The highest BCUT2D eigenvalue weighted by Gasteiger charge is 2.10. The van der Waals surface area contributed by atoms with Crippen molar-refractivity contribution < 1.29 is 14.2 Å². The maximum absolute atomic E-state index is 12.2. The van der Waals surface area contributed by atoms with Crippen LogP contribution in [-0.4, -0.2) is 10.7 Å². The SMILES string of the molecule is O=C(c1cccc(Br)c1)c1cccc(OPO)c1. The second kappa shape index (κ2) is 6.10. The first kappa shape index (κ1) is 13.2. The molecular weight excluding hydrogens is 315 g/mol. The smallest absolute Gasteiger partial charge is 0.212 e. The molecule has 0 bridgehead atoms. The molecule has 0 radical (unpaired) electrons. The van der Waals surface area contributed by atoms with E-state index < -0.39 is 9.03 Å². The number of rotatable bonds is 4. The summed E-state index contributed by atoms with van der Waals surface area (Å²) in [6.45, 7) is 0. The molecule has 1 atom stereocenters. The Morgan fingerprint density at radius 3 is 2.44 bits per heavy atom. The molecule has 2 rings (SSSR count).